The van der Waals surface area contributed by atoms with Gasteiger partial charge < -0.3 is 25.0 Å². The van der Waals surface area contributed by atoms with Crippen LogP contribution in [-0.4, -0.2) is 78.2 Å². The van der Waals surface area contributed by atoms with E-state index in [1.165, 1.54) is 11.3 Å². The van der Waals surface area contributed by atoms with Crippen molar-refractivity contribution in [2.75, 3.05) is 19.0 Å². The lowest BCUT2D eigenvalue weighted by Gasteiger charge is -2.30. The van der Waals surface area contributed by atoms with Crippen molar-refractivity contribution in [2.45, 2.75) is 93.2 Å². The number of nitrogens with one attached hydrogen (secondary N) is 3. The first-order chi connectivity index (χ1) is 24.0. The molecule has 266 valence electrons. The van der Waals surface area contributed by atoms with Crippen molar-refractivity contribution in [3.05, 3.63) is 60.7 Å². The number of hydrogen-bond donors (Lipinski definition) is 3. The largest absolute Gasteiger partial charge is 0.497 e. The van der Waals surface area contributed by atoms with E-state index in [4.69, 9.17) is 9.47 Å². The zero-order valence-corrected chi connectivity index (χ0v) is 29.9. The lowest BCUT2D eigenvalue weighted by atomic mass is 10.0. The van der Waals surface area contributed by atoms with Crippen LogP contribution in [0.3, 0.4) is 0 Å². The first-order valence-corrected chi connectivity index (χ1v) is 19.6. The number of amides is 3. The van der Waals surface area contributed by atoms with E-state index in [0.717, 1.165) is 41.6 Å². The number of fused-ring (bicyclic) bond motifs is 3. The number of methoxy groups -OCH3 is 1. The van der Waals surface area contributed by atoms with Crippen molar-refractivity contribution >= 4 is 55.0 Å². The van der Waals surface area contributed by atoms with Gasteiger partial charge in [0.2, 0.25) is 21.8 Å². The van der Waals surface area contributed by atoms with E-state index in [-0.39, 0.29) is 31.2 Å². The quantitative estimate of drug-likeness (QED) is 0.285. The van der Waals surface area contributed by atoms with Gasteiger partial charge >= 0.3 is 0 Å². The predicted molar refractivity (Wildman–Crippen MR) is 190 cm³/mol. The van der Waals surface area contributed by atoms with Gasteiger partial charge in [-0.15, -0.1) is 0 Å². The van der Waals surface area contributed by atoms with Gasteiger partial charge in [0.1, 0.15) is 29.5 Å². The van der Waals surface area contributed by atoms with Crippen LogP contribution in [0, 0.1) is 5.92 Å². The van der Waals surface area contributed by atoms with Crippen molar-refractivity contribution in [1.82, 2.24) is 19.9 Å². The summed E-state index contributed by atoms with van der Waals surface area (Å²) < 4.78 is 40.1. The third-order valence-corrected chi connectivity index (χ3v) is 13.5. The Hall–Kier alpha value is -4.17. The Kier molecular flexibility index (Phi) is 9.27. The first-order valence-electron chi connectivity index (χ1n) is 17.3. The van der Waals surface area contributed by atoms with E-state index < -0.39 is 50.3 Å². The van der Waals surface area contributed by atoms with Gasteiger partial charge in [-0.1, -0.05) is 54.5 Å². The molecule has 3 aromatic rings. The Balaban J connectivity index is 1.18. The molecule has 0 spiro atoms. The zero-order valence-electron chi connectivity index (χ0n) is 28.2. The van der Waals surface area contributed by atoms with Gasteiger partial charge in [0, 0.05) is 18.0 Å². The zero-order chi connectivity index (χ0) is 35.1. The number of aromatic nitrogens is 1. The molecule has 7 rings (SSSR count). The Morgan fingerprint density at radius 3 is 2.66 bits per heavy atom. The van der Waals surface area contributed by atoms with Gasteiger partial charge in [-0.2, -0.15) is 0 Å². The molecule has 5 atom stereocenters. The molecule has 1 aromatic heterocycles. The minimum atomic E-state index is -3.93. The smallest absolute Gasteiger partial charge is 0.274 e. The molecule has 2 saturated carbocycles. The number of hydrogen-bond acceptors (Lipinski definition) is 10. The van der Waals surface area contributed by atoms with Crippen LogP contribution in [0.15, 0.2) is 60.7 Å². The average molecular weight is 722 g/mol. The second kappa shape index (κ2) is 13.5. The normalized spacial score (nSPS) is 28.0. The van der Waals surface area contributed by atoms with Crippen molar-refractivity contribution in [2.24, 2.45) is 5.92 Å². The number of anilines is 1. The molecule has 2 aliphatic heterocycles. The predicted octanol–water partition coefficient (Wildman–Crippen LogP) is 4.53. The highest BCUT2D eigenvalue weighted by Crippen LogP contribution is 2.47. The number of ether oxygens (including phenoxy) is 2. The summed E-state index contributed by atoms with van der Waals surface area (Å²) in [5.41, 5.74) is 0.107. The van der Waals surface area contributed by atoms with Gasteiger partial charge in [0.05, 0.1) is 28.6 Å². The fourth-order valence-corrected chi connectivity index (χ4v) is 9.11. The molecule has 0 unspecified atom stereocenters. The molecule has 4 aliphatic rings. The van der Waals surface area contributed by atoms with Crippen molar-refractivity contribution < 1.29 is 32.3 Å². The molecule has 3 N–H and O–H groups in total. The highest BCUT2D eigenvalue weighted by atomic mass is 32.2. The van der Waals surface area contributed by atoms with E-state index in [9.17, 15) is 22.8 Å². The number of benzene rings is 2. The standard InChI is InChI=1S/C36H43N5O7S2/c1-35(17-18-35)50(45,46)40-33(44)36-21-23(36)11-7-4-3-5-10-14-28(37-24-12-8-6-9-13-24)32(43)41-22-26(19-29(41)31(42)39-36)48-34-38-27-16-15-25(47-2)20-30(27)49-34/h6-9,11-13,15-16,20,23,26,28-29,37H,3-5,10,14,17-19,21-22H2,1-2H3,(H,39,42)(H,40,44)/t23-,26-,28+,29+,36-/m1/s1. The number of carbonyl (C=O) groups excluding carboxylic acids is 3. The lowest BCUT2D eigenvalue weighted by molar-refractivity contribution is -0.140. The van der Waals surface area contributed by atoms with Crippen molar-refractivity contribution in [3.8, 4) is 10.9 Å². The lowest BCUT2D eigenvalue weighted by Crippen LogP contribution is -2.58. The molecule has 1 saturated heterocycles. The summed E-state index contributed by atoms with van der Waals surface area (Å²) in [6.07, 6.45) is 8.68. The molecule has 12 nitrogen and oxygen atoms in total. The molecule has 50 heavy (non-hydrogen) atoms. The summed E-state index contributed by atoms with van der Waals surface area (Å²) in [6, 6.07) is 13.5. The minimum absolute atomic E-state index is 0.137. The van der Waals surface area contributed by atoms with E-state index in [2.05, 4.69) is 20.3 Å². The molecule has 14 heteroatoms. The number of carbonyl (C=O) groups is 3. The van der Waals surface area contributed by atoms with Crippen LogP contribution < -0.4 is 24.8 Å². The van der Waals surface area contributed by atoms with Crippen LogP contribution in [0.4, 0.5) is 5.69 Å². The number of allylic oxidation sites excluding steroid dienone is 1. The maximum absolute atomic E-state index is 14.5. The van der Waals surface area contributed by atoms with Gasteiger partial charge in [0.25, 0.3) is 11.1 Å². The number of para-hydroxylation sites is 1. The van der Waals surface area contributed by atoms with E-state index in [0.29, 0.717) is 30.2 Å². The fourth-order valence-electron chi connectivity index (χ4n) is 6.89. The summed E-state index contributed by atoms with van der Waals surface area (Å²) >= 11 is 1.35. The van der Waals surface area contributed by atoms with Gasteiger partial charge in [0.15, 0.2) is 0 Å². The van der Waals surface area contributed by atoms with Crippen LogP contribution in [0.5, 0.6) is 10.9 Å². The number of sulfonamides is 1. The first kappa shape index (κ1) is 34.3. The van der Waals surface area contributed by atoms with E-state index >= 15 is 0 Å². The maximum atomic E-state index is 14.5. The van der Waals surface area contributed by atoms with Crippen LogP contribution in [-0.2, 0) is 24.4 Å². The Bertz CT molecular complexity index is 1910. The van der Waals surface area contributed by atoms with E-state index in [1.54, 1.807) is 18.9 Å². The molecule has 2 aromatic carbocycles. The Labute approximate surface area is 296 Å². The summed E-state index contributed by atoms with van der Waals surface area (Å²) in [5, 5.41) is 6.76. The SMILES string of the molecule is COc1ccc2nc(O[C@@H]3C[C@H]4C(=O)N[C@]5(C(=O)NS(=O)(=O)C6(C)CC6)C[C@H]5C=CCCCCC[C@H](Nc5ccccc5)C(=O)N4C3)sc2c1. The third-order valence-electron chi connectivity index (χ3n) is 10.4. The highest BCUT2D eigenvalue weighted by molar-refractivity contribution is 7.91. The average Bonchev–Trinajstić information content (AvgIpc) is 3.91. The maximum Gasteiger partial charge on any atom is 0.274 e. The highest BCUT2D eigenvalue weighted by Gasteiger charge is 2.63. The summed E-state index contributed by atoms with van der Waals surface area (Å²) in [5.74, 6) is -1.17. The Morgan fingerprint density at radius 2 is 1.90 bits per heavy atom. The number of rotatable bonds is 8. The van der Waals surface area contributed by atoms with Crippen LogP contribution in [0.2, 0.25) is 0 Å². The van der Waals surface area contributed by atoms with Crippen LogP contribution >= 0.6 is 11.3 Å². The second-order valence-corrected chi connectivity index (χ2v) is 17.3. The van der Waals surface area contributed by atoms with Gasteiger partial charge in [-0.05, 0) is 75.8 Å². The minimum Gasteiger partial charge on any atom is -0.497 e. The monoisotopic (exact) mass is 721 g/mol. The van der Waals surface area contributed by atoms with E-state index in [1.807, 2.05) is 60.7 Å². The Morgan fingerprint density at radius 1 is 1.10 bits per heavy atom. The van der Waals surface area contributed by atoms with Gasteiger partial charge in [-0.3, -0.25) is 19.1 Å². The molecular formula is C36H43N5O7S2. The van der Waals surface area contributed by atoms with Crippen LogP contribution in [0.1, 0.15) is 64.7 Å². The molecule has 3 fully saturated rings. The van der Waals surface area contributed by atoms with Crippen molar-refractivity contribution in [1.29, 1.82) is 0 Å². The molecule has 3 heterocycles. The molecule has 0 radical (unpaired) electrons. The fraction of sp³-hybridized carbons (Fsp3) is 0.500. The van der Waals surface area contributed by atoms with Gasteiger partial charge in [-0.25, -0.2) is 13.4 Å². The molecular weight excluding hydrogens is 679 g/mol. The molecule has 0 bridgehead atoms. The summed E-state index contributed by atoms with van der Waals surface area (Å²) in [6.45, 7) is 1.75. The topological polar surface area (TPSA) is 156 Å². The summed E-state index contributed by atoms with van der Waals surface area (Å²) in [7, 11) is -2.34. The number of thiazole rings is 1. The van der Waals surface area contributed by atoms with Crippen molar-refractivity contribution in [3.63, 3.8) is 0 Å². The summed E-state index contributed by atoms with van der Waals surface area (Å²) in [4.78, 5) is 48.7. The molecule has 3 amide bonds. The number of nitrogens with zero attached hydrogens (tertiary/aromatic N) is 2. The third kappa shape index (κ3) is 6.91. The second-order valence-electron chi connectivity index (χ2n) is 14.1. The van der Waals surface area contributed by atoms with Crippen LogP contribution in [0.25, 0.3) is 10.2 Å². The molecule has 2 aliphatic carbocycles.